The Hall–Kier alpha value is -3.58. The molecule has 160 valence electrons. The zero-order chi connectivity index (χ0) is 21.9. The van der Waals surface area contributed by atoms with Crippen LogP contribution in [0.1, 0.15) is 39.9 Å². The van der Waals surface area contributed by atoms with Crippen LogP contribution in [0.2, 0.25) is 0 Å². The highest BCUT2D eigenvalue weighted by atomic mass is 32.1. The third-order valence-corrected chi connectivity index (χ3v) is 6.42. The van der Waals surface area contributed by atoms with E-state index in [9.17, 15) is 4.79 Å². The lowest BCUT2D eigenvalue weighted by Gasteiger charge is -2.24. The standard InChI is InChI=1S/C25H23N5OS/c1-17-14-19(16-32-17)25(31)30-13-5-8-22(30)24-28-21(18-9-11-26-12-10-18)15-23(29-24)27-20-6-3-2-4-7-20/h2-4,6-7,9-12,14-16,22H,5,8,13H2,1H3,(H,27,28,29)/t22-/m1/s1. The second-order valence-electron chi connectivity index (χ2n) is 7.83. The zero-order valence-corrected chi connectivity index (χ0v) is 18.5. The fraction of sp³-hybridized carbons (Fsp3) is 0.200. The lowest BCUT2D eigenvalue weighted by molar-refractivity contribution is 0.0730. The molecule has 0 spiro atoms. The Labute approximate surface area is 191 Å². The highest BCUT2D eigenvalue weighted by Crippen LogP contribution is 2.34. The Bertz CT molecular complexity index is 1230. The normalized spacial score (nSPS) is 15.7. The molecule has 0 saturated carbocycles. The molecule has 1 N–H and O–H groups in total. The Kier molecular flexibility index (Phi) is 5.64. The summed E-state index contributed by atoms with van der Waals surface area (Å²) in [6, 6.07) is 17.6. The van der Waals surface area contributed by atoms with Crippen LogP contribution < -0.4 is 5.32 Å². The van der Waals surface area contributed by atoms with E-state index in [1.165, 1.54) is 0 Å². The van der Waals surface area contributed by atoms with Gasteiger partial charge in [-0.2, -0.15) is 0 Å². The summed E-state index contributed by atoms with van der Waals surface area (Å²) in [4.78, 5) is 30.1. The molecule has 6 nitrogen and oxygen atoms in total. The van der Waals surface area contributed by atoms with E-state index in [2.05, 4.69) is 10.3 Å². The molecule has 1 fully saturated rings. The second-order valence-corrected chi connectivity index (χ2v) is 8.94. The average molecular weight is 442 g/mol. The van der Waals surface area contributed by atoms with Gasteiger partial charge in [0.2, 0.25) is 0 Å². The number of nitrogens with zero attached hydrogens (tertiary/aromatic N) is 4. The fourth-order valence-corrected chi connectivity index (χ4v) is 4.70. The van der Waals surface area contributed by atoms with Crippen molar-refractivity contribution < 1.29 is 4.79 Å². The predicted octanol–water partition coefficient (Wildman–Crippen LogP) is 5.63. The topological polar surface area (TPSA) is 71.0 Å². The highest BCUT2D eigenvalue weighted by molar-refractivity contribution is 7.10. The maximum absolute atomic E-state index is 13.2. The number of pyridine rings is 1. The number of carbonyl (C=O) groups is 1. The Balaban J connectivity index is 1.53. The van der Waals surface area contributed by atoms with E-state index in [-0.39, 0.29) is 11.9 Å². The van der Waals surface area contributed by atoms with Gasteiger partial charge in [0.25, 0.3) is 5.91 Å². The van der Waals surface area contributed by atoms with Crippen molar-refractivity contribution in [1.82, 2.24) is 19.9 Å². The van der Waals surface area contributed by atoms with Gasteiger partial charge in [0, 0.05) is 46.5 Å². The molecule has 1 aliphatic heterocycles. The van der Waals surface area contributed by atoms with Crippen LogP contribution in [0.15, 0.2) is 72.4 Å². The van der Waals surface area contributed by atoms with Crippen LogP contribution >= 0.6 is 11.3 Å². The van der Waals surface area contributed by atoms with Crippen molar-refractivity contribution >= 4 is 28.7 Å². The number of para-hydroxylation sites is 1. The van der Waals surface area contributed by atoms with Crippen LogP contribution in [0.4, 0.5) is 11.5 Å². The van der Waals surface area contributed by atoms with E-state index >= 15 is 0 Å². The van der Waals surface area contributed by atoms with E-state index < -0.39 is 0 Å². The fourth-order valence-electron chi connectivity index (χ4n) is 4.02. The third kappa shape index (κ3) is 4.24. The minimum atomic E-state index is -0.152. The van der Waals surface area contributed by atoms with Gasteiger partial charge in [0.1, 0.15) is 5.82 Å². The van der Waals surface area contributed by atoms with Gasteiger partial charge in [-0.3, -0.25) is 9.78 Å². The van der Waals surface area contributed by atoms with Gasteiger partial charge in [0.15, 0.2) is 5.82 Å². The first-order valence-electron chi connectivity index (χ1n) is 10.6. The Morgan fingerprint density at radius 1 is 1.09 bits per heavy atom. The van der Waals surface area contributed by atoms with E-state index in [1.807, 2.05) is 71.8 Å². The van der Waals surface area contributed by atoms with Crippen molar-refractivity contribution in [2.45, 2.75) is 25.8 Å². The molecule has 1 amide bonds. The number of hydrogen-bond acceptors (Lipinski definition) is 6. The van der Waals surface area contributed by atoms with Crippen LogP contribution in [0.5, 0.6) is 0 Å². The lowest BCUT2D eigenvalue weighted by Crippen LogP contribution is -2.31. The van der Waals surface area contributed by atoms with Crippen molar-refractivity contribution in [2.24, 2.45) is 0 Å². The molecule has 0 unspecified atom stereocenters. The molecule has 32 heavy (non-hydrogen) atoms. The van der Waals surface area contributed by atoms with Gasteiger partial charge in [-0.1, -0.05) is 18.2 Å². The number of anilines is 2. The molecule has 1 aromatic carbocycles. The van der Waals surface area contributed by atoms with Gasteiger partial charge in [-0.05, 0) is 50.1 Å². The van der Waals surface area contributed by atoms with Crippen LogP contribution in [0, 0.1) is 6.92 Å². The number of rotatable bonds is 5. The lowest BCUT2D eigenvalue weighted by atomic mass is 10.1. The van der Waals surface area contributed by atoms with E-state index in [0.717, 1.165) is 40.2 Å². The van der Waals surface area contributed by atoms with Gasteiger partial charge in [-0.25, -0.2) is 9.97 Å². The molecule has 0 bridgehead atoms. The average Bonchev–Trinajstić information content (AvgIpc) is 3.49. The molecule has 0 aliphatic carbocycles. The summed E-state index contributed by atoms with van der Waals surface area (Å²) in [7, 11) is 0. The first-order chi connectivity index (χ1) is 15.7. The number of aromatic nitrogens is 3. The van der Waals surface area contributed by atoms with Crippen LogP contribution in [0.25, 0.3) is 11.3 Å². The molecular formula is C25H23N5OS. The largest absolute Gasteiger partial charge is 0.340 e. The number of carbonyl (C=O) groups excluding carboxylic acids is 1. The number of thiophene rings is 1. The zero-order valence-electron chi connectivity index (χ0n) is 17.7. The minimum Gasteiger partial charge on any atom is -0.340 e. The number of hydrogen-bond donors (Lipinski definition) is 1. The van der Waals surface area contributed by atoms with Crippen LogP contribution in [-0.4, -0.2) is 32.3 Å². The summed E-state index contributed by atoms with van der Waals surface area (Å²) in [5.74, 6) is 1.42. The van der Waals surface area contributed by atoms with Crippen LogP contribution in [-0.2, 0) is 0 Å². The number of likely N-dealkylation sites (tertiary alicyclic amines) is 1. The van der Waals surface area contributed by atoms with Crippen molar-refractivity contribution in [1.29, 1.82) is 0 Å². The molecule has 1 aliphatic rings. The Morgan fingerprint density at radius 2 is 1.91 bits per heavy atom. The van der Waals surface area contributed by atoms with Crippen molar-refractivity contribution in [3.63, 3.8) is 0 Å². The summed E-state index contributed by atoms with van der Waals surface area (Å²) in [5.41, 5.74) is 3.46. The highest BCUT2D eigenvalue weighted by Gasteiger charge is 2.33. The van der Waals surface area contributed by atoms with E-state index in [0.29, 0.717) is 18.2 Å². The molecule has 7 heteroatoms. The summed E-state index contributed by atoms with van der Waals surface area (Å²) >= 11 is 1.60. The minimum absolute atomic E-state index is 0.0485. The predicted molar refractivity (Wildman–Crippen MR) is 127 cm³/mol. The van der Waals surface area contributed by atoms with Gasteiger partial charge < -0.3 is 10.2 Å². The molecule has 5 rings (SSSR count). The second kappa shape index (κ2) is 8.88. The number of amides is 1. The van der Waals surface area contributed by atoms with Crippen molar-refractivity contribution in [3.8, 4) is 11.3 Å². The molecule has 3 aromatic heterocycles. The first-order valence-corrected chi connectivity index (χ1v) is 11.5. The summed E-state index contributed by atoms with van der Waals surface area (Å²) in [5, 5.41) is 5.32. The first kappa shape index (κ1) is 20.3. The van der Waals surface area contributed by atoms with Gasteiger partial charge in [0.05, 0.1) is 17.3 Å². The van der Waals surface area contributed by atoms with Crippen molar-refractivity contribution in [3.05, 3.63) is 88.6 Å². The monoisotopic (exact) mass is 441 g/mol. The van der Waals surface area contributed by atoms with E-state index in [4.69, 9.17) is 9.97 Å². The molecule has 1 saturated heterocycles. The summed E-state index contributed by atoms with van der Waals surface area (Å²) in [6.07, 6.45) is 5.29. The Morgan fingerprint density at radius 3 is 2.66 bits per heavy atom. The smallest absolute Gasteiger partial charge is 0.255 e. The molecule has 1 atom stereocenters. The molecule has 0 radical (unpaired) electrons. The van der Waals surface area contributed by atoms with Gasteiger partial charge in [-0.15, -0.1) is 11.3 Å². The molecular weight excluding hydrogens is 418 g/mol. The number of nitrogens with one attached hydrogen (secondary N) is 1. The number of aryl methyl sites for hydroxylation is 1. The van der Waals surface area contributed by atoms with Crippen LogP contribution in [0.3, 0.4) is 0 Å². The number of benzene rings is 1. The summed E-state index contributed by atoms with van der Waals surface area (Å²) in [6.45, 7) is 2.73. The SMILES string of the molecule is Cc1cc(C(=O)N2CCC[C@@H]2c2nc(Nc3ccccc3)cc(-c3ccncc3)n2)cs1. The third-order valence-electron chi connectivity index (χ3n) is 5.55. The molecule has 4 aromatic rings. The summed E-state index contributed by atoms with van der Waals surface area (Å²) < 4.78 is 0. The van der Waals surface area contributed by atoms with Crippen molar-refractivity contribution in [2.75, 3.05) is 11.9 Å². The maximum atomic E-state index is 13.2. The maximum Gasteiger partial charge on any atom is 0.255 e. The molecule has 4 heterocycles. The van der Waals surface area contributed by atoms with E-state index in [1.54, 1.807) is 23.7 Å². The quantitative estimate of drug-likeness (QED) is 0.435. The van der Waals surface area contributed by atoms with Gasteiger partial charge >= 0.3 is 0 Å².